The largest absolute Gasteiger partial charge is 0.394 e. The van der Waals surface area contributed by atoms with E-state index in [2.05, 4.69) is 0 Å². The van der Waals surface area contributed by atoms with E-state index in [-0.39, 0.29) is 12.2 Å². The van der Waals surface area contributed by atoms with Crippen LogP contribution in [-0.4, -0.2) is 121 Å². The van der Waals surface area contributed by atoms with Gasteiger partial charge in [0.05, 0.1) is 18.8 Å². The number of aliphatic hydroxyl groups is 7. The lowest BCUT2D eigenvalue weighted by atomic mass is 9.64. The number of hydrogen-bond donors (Lipinski definition) is 7. The Labute approximate surface area is 215 Å². The molecule has 2 saturated heterocycles. The first-order valence-electron chi connectivity index (χ1n) is 12.4. The van der Waals surface area contributed by atoms with Crippen molar-refractivity contribution in [2.24, 2.45) is 5.41 Å². The standard InChI is InChI=1S/C25H40O12/c1-11-8-14(27)9-24(4,5)25(11,33)7-6-12(2)34-23-21(19(31)17(29)15(10-26)36-23)37-22-20(32)18(30)16(28)13(3)35-22/h6-8,12-13,15-23,26,28-33H,9-10H2,1-5H3/b7-6+/t12-,13+,15-,16+,17-,18-,19+,20-,21-,22+,23-,25-/m1/s1. The Hall–Kier alpha value is -1.29. The summed E-state index contributed by atoms with van der Waals surface area (Å²) in [5.41, 5.74) is -1.74. The minimum absolute atomic E-state index is 0.0814. The molecule has 0 spiro atoms. The lowest BCUT2D eigenvalue weighted by molar-refractivity contribution is -0.367. The van der Waals surface area contributed by atoms with Crippen LogP contribution in [0.2, 0.25) is 0 Å². The summed E-state index contributed by atoms with van der Waals surface area (Å²) in [5, 5.41) is 72.4. The molecule has 0 saturated carbocycles. The maximum absolute atomic E-state index is 12.0. The minimum atomic E-state index is -1.68. The zero-order valence-corrected chi connectivity index (χ0v) is 21.7. The number of ether oxygens (including phenoxy) is 4. The molecular weight excluding hydrogens is 492 g/mol. The second-order valence-electron chi connectivity index (χ2n) is 10.8. The molecule has 0 radical (unpaired) electrons. The maximum Gasteiger partial charge on any atom is 0.187 e. The molecule has 0 unspecified atom stereocenters. The molecule has 0 bridgehead atoms. The van der Waals surface area contributed by atoms with Crippen LogP contribution in [0.3, 0.4) is 0 Å². The third-order valence-corrected chi connectivity index (χ3v) is 7.51. The minimum Gasteiger partial charge on any atom is -0.394 e. The van der Waals surface area contributed by atoms with E-state index in [9.17, 15) is 40.5 Å². The summed E-state index contributed by atoms with van der Waals surface area (Å²) in [4.78, 5) is 12.0. The molecule has 3 aliphatic rings. The van der Waals surface area contributed by atoms with Crippen LogP contribution < -0.4 is 0 Å². The van der Waals surface area contributed by atoms with Crippen LogP contribution in [-0.2, 0) is 23.7 Å². The molecule has 0 aromatic heterocycles. The van der Waals surface area contributed by atoms with Gasteiger partial charge in [-0.05, 0) is 38.5 Å². The summed E-state index contributed by atoms with van der Waals surface area (Å²) in [6, 6.07) is 0. The van der Waals surface area contributed by atoms with E-state index in [4.69, 9.17) is 18.9 Å². The van der Waals surface area contributed by atoms with E-state index >= 15 is 0 Å². The quantitative estimate of drug-likeness (QED) is 0.183. The first kappa shape index (κ1) is 30.3. The van der Waals surface area contributed by atoms with Gasteiger partial charge < -0.3 is 54.7 Å². The molecule has 12 nitrogen and oxygen atoms in total. The van der Waals surface area contributed by atoms with Crippen molar-refractivity contribution < 1.29 is 59.5 Å². The van der Waals surface area contributed by atoms with Gasteiger partial charge in [-0.1, -0.05) is 19.9 Å². The smallest absolute Gasteiger partial charge is 0.187 e. The number of allylic oxidation sites excluding steroid dienone is 1. The number of hydrogen-bond acceptors (Lipinski definition) is 12. The van der Waals surface area contributed by atoms with Crippen LogP contribution in [0.1, 0.15) is 41.0 Å². The van der Waals surface area contributed by atoms with Gasteiger partial charge in [-0.2, -0.15) is 0 Å². The topological polar surface area (TPSA) is 196 Å². The van der Waals surface area contributed by atoms with Crippen molar-refractivity contribution in [3.05, 3.63) is 23.8 Å². The highest BCUT2D eigenvalue weighted by molar-refractivity contribution is 5.92. The van der Waals surface area contributed by atoms with Crippen LogP contribution in [0, 0.1) is 5.41 Å². The Morgan fingerprint density at radius 2 is 1.70 bits per heavy atom. The summed E-state index contributed by atoms with van der Waals surface area (Å²) in [7, 11) is 0. The van der Waals surface area contributed by atoms with Crippen LogP contribution in [0.4, 0.5) is 0 Å². The number of carbonyl (C=O) groups excluding carboxylic acids is 1. The predicted octanol–water partition coefficient (Wildman–Crippen LogP) is -1.72. The second kappa shape index (κ2) is 11.4. The van der Waals surface area contributed by atoms with E-state index < -0.39 is 85.1 Å². The fourth-order valence-electron chi connectivity index (χ4n) is 4.99. The average molecular weight is 533 g/mol. The van der Waals surface area contributed by atoms with Crippen LogP contribution in [0.25, 0.3) is 0 Å². The molecule has 12 atom stereocenters. The molecule has 37 heavy (non-hydrogen) atoms. The van der Waals surface area contributed by atoms with Gasteiger partial charge in [0.2, 0.25) is 0 Å². The van der Waals surface area contributed by atoms with E-state index in [0.29, 0.717) is 5.57 Å². The molecular formula is C25H40O12. The van der Waals surface area contributed by atoms with Gasteiger partial charge in [0.25, 0.3) is 0 Å². The molecule has 0 aromatic carbocycles. The molecule has 0 aromatic rings. The summed E-state index contributed by atoms with van der Waals surface area (Å²) < 4.78 is 22.7. The van der Waals surface area contributed by atoms with Crippen molar-refractivity contribution in [1.82, 2.24) is 0 Å². The number of rotatable bonds is 7. The molecule has 12 heteroatoms. The molecule has 2 heterocycles. The van der Waals surface area contributed by atoms with Gasteiger partial charge in [-0.3, -0.25) is 4.79 Å². The van der Waals surface area contributed by atoms with Crippen molar-refractivity contribution in [2.45, 2.75) is 114 Å². The van der Waals surface area contributed by atoms with E-state index in [1.165, 1.54) is 19.1 Å². The normalized spacial score (nSPS) is 45.6. The maximum atomic E-state index is 12.0. The first-order chi connectivity index (χ1) is 17.1. The Morgan fingerprint density at radius 1 is 1.05 bits per heavy atom. The molecule has 212 valence electrons. The fraction of sp³-hybridized carbons (Fsp3) is 0.800. The Balaban J connectivity index is 1.80. The summed E-state index contributed by atoms with van der Waals surface area (Å²) in [6.45, 7) is 7.66. The van der Waals surface area contributed by atoms with Gasteiger partial charge in [0, 0.05) is 11.8 Å². The SMILES string of the molecule is CC1=CC(=O)CC(C)(C)[C@@]1(O)/C=C/[C@@H](C)O[C@@H]1O[C@H](CO)[C@@H](O)[C@H](O)[C@H]1O[C@@H]1O[C@@H](C)[C@H](O)[C@@H](O)[C@H]1O. The molecule has 0 amide bonds. The fourth-order valence-corrected chi connectivity index (χ4v) is 4.99. The van der Waals surface area contributed by atoms with Crippen molar-refractivity contribution in [2.75, 3.05) is 6.61 Å². The summed E-state index contributed by atoms with van der Waals surface area (Å²) in [6.07, 6.45) is -10.4. The van der Waals surface area contributed by atoms with Crippen molar-refractivity contribution in [1.29, 1.82) is 0 Å². The third-order valence-electron chi connectivity index (χ3n) is 7.51. The predicted molar refractivity (Wildman–Crippen MR) is 127 cm³/mol. The van der Waals surface area contributed by atoms with Gasteiger partial charge >= 0.3 is 0 Å². The Bertz CT molecular complexity index is 874. The van der Waals surface area contributed by atoms with Crippen molar-refractivity contribution >= 4 is 5.78 Å². The van der Waals surface area contributed by atoms with Gasteiger partial charge in [-0.25, -0.2) is 0 Å². The Morgan fingerprint density at radius 3 is 2.30 bits per heavy atom. The van der Waals surface area contributed by atoms with Crippen LogP contribution >= 0.6 is 0 Å². The average Bonchev–Trinajstić information content (AvgIpc) is 2.82. The molecule has 7 N–H and O–H groups in total. The van der Waals surface area contributed by atoms with Crippen LogP contribution in [0.15, 0.2) is 23.8 Å². The number of carbonyl (C=O) groups is 1. The van der Waals surface area contributed by atoms with Crippen LogP contribution in [0.5, 0.6) is 0 Å². The molecule has 2 fully saturated rings. The third kappa shape index (κ3) is 5.99. The monoisotopic (exact) mass is 532 g/mol. The number of aliphatic hydroxyl groups excluding tert-OH is 6. The lowest BCUT2D eigenvalue weighted by Gasteiger charge is -2.46. The Kier molecular flexibility index (Phi) is 9.36. The second-order valence-corrected chi connectivity index (χ2v) is 10.8. The highest BCUT2D eigenvalue weighted by Crippen LogP contribution is 2.44. The molecule has 3 rings (SSSR count). The van der Waals surface area contributed by atoms with Gasteiger partial charge in [0.1, 0.15) is 48.3 Å². The molecule has 1 aliphatic carbocycles. The summed E-state index contributed by atoms with van der Waals surface area (Å²) >= 11 is 0. The zero-order valence-electron chi connectivity index (χ0n) is 21.7. The highest BCUT2D eigenvalue weighted by atomic mass is 16.8. The van der Waals surface area contributed by atoms with Gasteiger partial charge in [-0.15, -0.1) is 0 Å². The zero-order chi connectivity index (χ0) is 27.9. The number of ketones is 1. The first-order valence-corrected chi connectivity index (χ1v) is 12.4. The van der Waals surface area contributed by atoms with E-state index in [1.807, 2.05) is 0 Å². The van der Waals surface area contributed by atoms with Crippen molar-refractivity contribution in [3.63, 3.8) is 0 Å². The lowest BCUT2D eigenvalue weighted by Crippen LogP contribution is -2.64. The van der Waals surface area contributed by atoms with E-state index in [0.717, 1.165) is 0 Å². The van der Waals surface area contributed by atoms with E-state index in [1.54, 1.807) is 33.8 Å². The highest BCUT2D eigenvalue weighted by Gasteiger charge is 2.51. The molecule has 2 aliphatic heterocycles. The van der Waals surface area contributed by atoms with Gasteiger partial charge in [0.15, 0.2) is 18.4 Å². The van der Waals surface area contributed by atoms with Crippen molar-refractivity contribution in [3.8, 4) is 0 Å². The summed E-state index contributed by atoms with van der Waals surface area (Å²) in [5.74, 6) is -0.0814.